The molecule has 102 valence electrons. The highest BCUT2D eigenvalue weighted by Crippen LogP contribution is 2.13. The summed E-state index contributed by atoms with van der Waals surface area (Å²) >= 11 is 0. The Morgan fingerprint density at radius 1 is 1.37 bits per heavy atom. The van der Waals surface area contributed by atoms with Gasteiger partial charge in [0.25, 0.3) is 0 Å². The van der Waals surface area contributed by atoms with Gasteiger partial charge < -0.3 is 10.2 Å². The molecule has 1 unspecified atom stereocenters. The highest BCUT2D eigenvalue weighted by atomic mass is 16.2. The minimum atomic E-state index is -0.420. The van der Waals surface area contributed by atoms with Crippen LogP contribution in [0, 0.1) is 5.92 Å². The number of rotatable bonds is 3. The van der Waals surface area contributed by atoms with E-state index in [4.69, 9.17) is 0 Å². The molecule has 1 aliphatic heterocycles. The summed E-state index contributed by atoms with van der Waals surface area (Å²) in [6.45, 7) is 4.88. The van der Waals surface area contributed by atoms with Crippen molar-refractivity contribution in [2.45, 2.75) is 32.9 Å². The molecular weight excluding hydrogens is 242 g/mol. The van der Waals surface area contributed by atoms with Crippen LogP contribution in [0.4, 0.5) is 0 Å². The van der Waals surface area contributed by atoms with E-state index < -0.39 is 6.04 Å². The maximum absolute atomic E-state index is 12.4. The topological polar surface area (TPSA) is 62.3 Å². The van der Waals surface area contributed by atoms with Gasteiger partial charge in [0.1, 0.15) is 6.04 Å². The van der Waals surface area contributed by atoms with Crippen LogP contribution in [0.3, 0.4) is 0 Å². The van der Waals surface area contributed by atoms with Crippen LogP contribution < -0.4 is 5.32 Å². The summed E-state index contributed by atoms with van der Waals surface area (Å²) in [5, 5.41) is 2.80. The van der Waals surface area contributed by atoms with E-state index in [9.17, 15) is 9.59 Å². The summed E-state index contributed by atoms with van der Waals surface area (Å²) in [6, 6.07) is 3.35. The molecule has 0 aromatic carbocycles. The lowest BCUT2D eigenvalue weighted by atomic mass is 10.0. The van der Waals surface area contributed by atoms with E-state index in [2.05, 4.69) is 10.3 Å². The molecule has 0 radical (unpaired) electrons. The number of pyridine rings is 1. The molecule has 19 heavy (non-hydrogen) atoms. The Labute approximate surface area is 113 Å². The molecule has 1 fully saturated rings. The lowest BCUT2D eigenvalue weighted by Gasteiger charge is -2.26. The van der Waals surface area contributed by atoms with Gasteiger partial charge in [-0.15, -0.1) is 0 Å². The number of nitrogens with one attached hydrogen (secondary N) is 1. The predicted octanol–water partition coefficient (Wildman–Crippen LogP) is 0.955. The fourth-order valence-corrected chi connectivity index (χ4v) is 2.17. The van der Waals surface area contributed by atoms with E-state index >= 15 is 0 Å². The summed E-state index contributed by atoms with van der Waals surface area (Å²) in [6.07, 6.45) is 3.78. The van der Waals surface area contributed by atoms with Crippen LogP contribution in [-0.4, -0.2) is 34.3 Å². The molecule has 1 atom stereocenters. The van der Waals surface area contributed by atoms with Crippen molar-refractivity contribution in [2.75, 3.05) is 6.54 Å². The largest absolute Gasteiger partial charge is 0.344 e. The first-order valence-electron chi connectivity index (χ1n) is 6.55. The minimum Gasteiger partial charge on any atom is -0.344 e. The molecule has 2 heterocycles. The van der Waals surface area contributed by atoms with E-state index in [1.165, 1.54) is 0 Å². The molecule has 1 aromatic rings. The number of carbonyl (C=O) groups excluding carboxylic acids is 2. The summed E-state index contributed by atoms with van der Waals surface area (Å²) in [4.78, 5) is 29.8. The second-order valence-corrected chi connectivity index (χ2v) is 5.15. The fourth-order valence-electron chi connectivity index (χ4n) is 2.17. The van der Waals surface area contributed by atoms with Crippen molar-refractivity contribution in [1.29, 1.82) is 0 Å². The maximum Gasteiger partial charge on any atom is 0.245 e. The SMILES string of the molecule is CC(C)C1NC(=O)CCN(Cc2ccncc2)C1=O. The summed E-state index contributed by atoms with van der Waals surface area (Å²) < 4.78 is 0. The Hall–Kier alpha value is -1.91. The molecule has 2 amide bonds. The lowest BCUT2D eigenvalue weighted by molar-refractivity contribution is -0.135. The van der Waals surface area contributed by atoms with Crippen molar-refractivity contribution in [1.82, 2.24) is 15.2 Å². The third-order valence-corrected chi connectivity index (χ3v) is 3.29. The second kappa shape index (κ2) is 5.82. The predicted molar refractivity (Wildman–Crippen MR) is 71.0 cm³/mol. The number of aromatic nitrogens is 1. The number of hydrogen-bond acceptors (Lipinski definition) is 3. The maximum atomic E-state index is 12.4. The Bertz CT molecular complexity index is 459. The fraction of sp³-hybridized carbons (Fsp3) is 0.500. The van der Waals surface area contributed by atoms with Gasteiger partial charge in [-0.1, -0.05) is 13.8 Å². The van der Waals surface area contributed by atoms with Gasteiger partial charge in [-0.25, -0.2) is 0 Å². The zero-order chi connectivity index (χ0) is 13.8. The zero-order valence-electron chi connectivity index (χ0n) is 11.3. The van der Waals surface area contributed by atoms with E-state index in [0.29, 0.717) is 19.5 Å². The standard InChI is InChI=1S/C14H19N3O2/c1-10(2)13-14(19)17(8-5-12(18)16-13)9-11-3-6-15-7-4-11/h3-4,6-7,10,13H,5,8-9H2,1-2H3,(H,16,18). The zero-order valence-corrected chi connectivity index (χ0v) is 11.3. The van der Waals surface area contributed by atoms with Crippen LogP contribution in [0.1, 0.15) is 25.8 Å². The molecule has 5 nitrogen and oxygen atoms in total. The van der Waals surface area contributed by atoms with Crippen LogP contribution >= 0.6 is 0 Å². The highest BCUT2D eigenvalue weighted by molar-refractivity contribution is 5.90. The average Bonchev–Trinajstić information content (AvgIpc) is 2.53. The number of carbonyl (C=O) groups is 2. The molecule has 1 saturated heterocycles. The van der Waals surface area contributed by atoms with Crippen molar-refractivity contribution in [3.05, 3.63) is 30.1 Å². The molecule has 0 aliphatic carbocycles. The summed E-state index contributed by atoms with van der Waals surface area (Å²) in [5.41, 5.74) is 1.03. The van der Waals surface area contributed by atoms with Gasteiger partial charge in [-0.2, -0.15) is 0 Å². The van der Waals surface area contributed by atoms with E-state index in [-0.39, 0.29) is 17.7 Å². The highest BCUT2D eigenvalue weighted by Gasteiger charge is 2.31. The average molecular weight is 261 g/mol. The van der Waals surface area contributed by atoms with Crippen LogP contribution in [0.15, 0.2) is 24.5 Å². The Kier molecular flexibility index (Phi) is 4.14. The third-order valence-electron chi connectivity index (χ3n) is 3.29. The minimum absolute atomic E-state index is 0.00216. The molecule has 1 aliphatic rings. The Morgan fingerprint density at radius 2 is 2.05 bits per heavy atom. The van der Waals surface area contributed by atoms with Crippen molar-refractivity contribution in [2.24, 2.45) is 5.92 Å². The van der Waals surface area contributed by atoms with Gasteiger partial charge in [0.15, 0.2) is 0 Å². The Morgan fingerprint density at radius 3 is 2.68 bits per heavy atom. The van der Waals surface area contributed by atoms with Gasteiger partial charge in [-0.05, 0) is 23.6 Å². The van der Waals surface area contributed by atoms with Crippen molar-refractivity contribution in [3.8, 4) is 0 Å². The molecule has 0 spiro atoms. The van der Waals surface area contributed by atoms with Gasteiger partial charge in [0, 0.05) is 31.9 Å². The first-order valence-corrected chi connectivity index (χ1v) is 6.55. The molecule has 1 aromatic heterocycles. The first-order chi connectivity index (χ1) is 9.08. The van der Waals surface area contributed by atoms with Crippen molar-refractivity contribution < 1.29 is 9.59 Å². The Balaban J connectivity index is 2.14. The monoisotopic (exact) mass is 261 g/mol. The summed E-state index contributed by atoms with van der Waals surface area (Å²) in [5.74, 6) is 0.0384. The van der Waals surface area contributed by atoms with Crippen molar-refractivity contribution in [3.63, 3.8) is 0 Å². The van der Waals surface area contributed by atoms with Crippen molar-refractivity contribution >= 4 is 11.8 Å². The summed E-state index contributed by atoms with van der Waals surface area (Å²) in [7, 11) is 0. The molecule has 2 rings (SSSR count). The van der Waals surface area contributed by atoms with Crippen LogP contribution in [-0.2, 0) is 16.1 Å². The number of nitrogens with zero attached hydrogens (tertiary/aromatic N) is 2. The first kappa shape index (κ1) is 13.5. The smallest absolute Gasteiger partial charge is 0.245 e. The van der Waals surface area contributed by atoms with E-state index in [0.717, 1.165) is 5.56 Å². The van der Waals surface area contributed by atoms with Crippen LogP contribution in [0.2, 0.25) is 0 Å². The van der Waals surface area contributed by atoms with E-state index in [1.54, 1.807) is 17.3 Å². The van der Waals surface area contributed by atoms with Crippen LogP contribution in [0.25, 0.3) is 0 Å². The lowest BCUT2D eigenvalue weighted by Crippen LogP contribution is -2.47. The van der Waals surface area contributed by atoms with Gasteiger partial charge in [0.2, 0.25) is 11.8 Å². The number of hydrogen-bond donors (Lipinski definition) is 1. The second-order valence-electron chi connectivity index (χ2n) is 5.15. The van der Waals surface area contributed by atoms with Gasteiger partial charge >= 0.3 is 0 Å². The van der Waals surface area contributed by atoms with Gasteiger partial charge in [0.05, 0.1) is 0 Å². The quantitative estimate of drug-likeness (QED) is 0.881. The molecule has 1 N–H and O–H groups in total. The molecule has 0 saturated carbocycles. The third kappa shape index (κ3) is 3.30. The molecule has 0 bridgehead atoms. The number of amides is 2. The van der Waals surface area contributed by atoms with Gasteiger partial charge in [-0.3, -0.25) is 14.6 Å². The molecule has 5 heteroatoms. The van der Waals surface area contributed by atoms with E-state index in [1.807, 2.05) is 26.0 Å². The normalized spacial score (nSPS) is 20.4. The van der Waals surface area contributed by atoms with Crippen LogP contribution in [0.5, 0.6) is 0 Å². The molecular formula is C14H19N3O2.